The third-order valence-electron chi connectivity index (χ3n) is 3.70. The van der Waals surface area contributed by atoms with Crippen molar-refractivity contribution in [2.24, 2.45) is 0 Å². The number of carbonyl (C=O) groups excluding carboxylic acids is 1. The van der Waals surface area contributed by atoms with Gasteiger partial charge in [0.25, 0.3) is 0 Å². The topological polar surface area (TPSA) is 60.8 Å². The molecule has 168 valence electrons. The molecule has 0 aliphatic carbocycles. The normalized spacial score (nSPS) is 9.60. The van der Waals surface area contributed by atoms with Gasteiger partial charge in [0.2, 0.25) is 0 Å². The van der Waals surface area contributed by atoms with E-state index in [0.29, 0.717) is 6.42 Å². The first kappa shape index (κ1) is 29.6. The molecule has 30 heavy (non-hydrogen) atoms. The molecule has 0 heterocycles. The van der Waals surface area contributed by atoms with Crippen molar-refractivity contribution in [1.82, 2.24) is 4.90 Å². The van der Waals surface area contributed by atoms with E-state index in [2.05, 4.69) is 23.1 Å². The third-order valence-corrected chi connectivity index (χ3v) is 3.70. The van der Waals surface area contributed by atoms with Crippen LogP contribution >= 0.6 is 0 Å². The summed E-state index contributed by atoms with van der Waals surface area (Å²) in [5.41, 5.74) is 1.55. The number of aromatic hydroxyl groups is 2. The number of phenols is 2. The largest absolute Gasteiger partial charge is 0.508 e. The second kappa shape index (κ2) is 19.7. The van der Waals surface area contributed by atoms with E-state index in [1.54, 1.807) is 0 Å². The van der Waals surface area contributed by atoms with Crippen LogP contribution in [0.3, 0.4) is 0 Å². The smallest absolute Gasteiger partial charge is 0.166 e. The van der Waals surface area contributed by atoms with Gasteiger partial charge in [-0.1, -0.05) is 70.2 Å². The highest BCUT2D eigenvalue weighted by Gasteiger charge is 2.11. The number of rotatable bonds is 7. The zero-order chi connectivity index (χ0) is 23.4. The van der Waals surface area contributed by atoms with Crippen molar-refractivity contribution in [3.63, 3.8) is 0 Å². The first-order chi connectivity index (χ1) is 14.4. The molecule has 0 unspecified atom stereocenters. The van der Waals surface area contributed by atoms with Gasteiger partial charge in [0.05, 0.1) is 5.56 Å². The zero-order valence-electron chi connectivity index (χ0n) is 19.9. The van der Waals surface area contributed by atoms with Crippen LogP contribution in [0.5, 0.6) is 11.5 Å². The molecule has 2 aromatic carbocycles. The van der Waals surface area contributed by atoms with Gasteiger partial charge in [0, 0.05) is 12.5 Å². The molecule has 2 N–H and O–H groups in total. The number of nitrogens with zero attached hydrogens (tertiary/aromatic N) is 1. The van der Waals surface area contributed by atoms with Crippen molar-refractivity contribution in [1.29, 1.82) is 0 Å². The molecule has 2 aromatic rings. The Bertz CT molecular complexity index is 695. The summed E-state index contributed by atoms with van der Waals surface area (Å²) >= 11 is 0. The molecule has 0 amide bonds. The van der Waals surface area contributed by atoms with Gasteiger partial charge in [-0.2, -0.15) is 0 Å². The fourth-order valence-corrected chi connectivity index (χ4v) is 2.36. The Morgan fingerprint density at radius 3 is 2.03 bits per heavy atom. The maximum Gasteiger partial charge on any atom is 0.166 e. The quantitative estimate of drug-likeness (QED) is 0.386. The molecule has 0 aliphatic heterocycles. The molecule has 0 radical (unpaired) electrons. The van der Waals surface area contributed by atoms with Crippen LogP contribution in [0.1, 0.15) is 69.8 Å². The number of carbonyl (C=O) groups is 1. The van der Waals surface area contributed by atoms with Crippen molar-refractivity contribution in [2.75, 3.05) is 20.6 Å². The lowest BCUT2D eigenvalue weighted by Gasteiger charge is -2.08. The Kier molecular flexibility index (Phi) is 19.5. The van der Waals surface area contributed by atoms with Gasteiger partial charge >= 0.3 is 0 Å². The highest BCUT2D eigenvalue weighted by Crippen LogP contribution is 2.24. The van der Waals surface area contributed by atoms with Crippen molar-refractivity contribution in [3.8, 4) is 11.5 Å². The molecule has 0 bridgehead atoms. The average molecular weight is 416 g/mol. The molecular weight excluding hydrogens is 374 g/mol. The van der Waals surface area contributed by atoms with Crippen LogP contribution in [0, 0.1) is 0 Å². The highest BCUT2D eigenvalue weighted by molar-refractivity contribution is 5.98. The van der Waals surface area contributed by atoms with Crippen LogP contribution in [-0.4, -0.2) is 41.5 Å². The molecule has 0 fully saturated rings. The fraction of sp³-hybridized carbons (Fsp3) is 0.423. The number of phenolic OH excluding ortho intramolecular Hbond substituents is 2. The van der Waals surface area contributed by atoms with E-state index >= 15 is 0 Å². The van der Waals surface area contributed by atoms with E-state index < -0.39 is 0 Å². The predicted molar refractivity (Wildman–Crippen MR) is 130 cm³/mol. The third kappa shape index (κ3) is 14.4. The van der Waals surface area contributed by atoms with E-state index in [4.69, 9.17) is 5.11 Å². The summed E-state index contributed by atoms with van der Waals surface area (Å²) in [6.45, 7) is 11.0. The summed E-state index contributed by atoms with van der Waals surface area (Å²) in [5.74, 6) is -0.268. The molecule has 0 aromatic heterocycles. The number of ketones is 1. The standard InChI is InChI=1S/C13H19NO3.C9H10.2C2H6/c1-14(2)8-4-3-5-12(16)11-7-6-10(15)9-13(11)17;1-2-6-9-7-4-3-5-8-9;2*1-2/h6-7,9,15,17H,3-5,8H2,1-2H3;2-8H,1H3;2*1-2H3/b;6-2+;;. The van der Waals surface area contributed by atoms with Gasteiger partial charge in [-0.05, 0) is 58.1 Å². The molecule has 0 aliphatic rings. The second-order valence-electron chi connectivity index (χ2n) is 6.30. The van der Waals surface area contributed by atoms with E-state index in [9.17, 15) is 9.90 Å². The van der Waals surface area contributed by atoms with Crippen molar-refractivity contribution in [2.45, 2.75) is 53.9 Å². The van der Waals surface area contributed by atoms with Crippen LogP contribution in [0.4, 0.5) is 0 Å². The molecule has 4 heteroatoms. The van der Waals surface area contributed by atoms with Crippen LogP contribution in [-0.2, 0) is 0 Å². The molecular formula is C26H41NO3. The lowest BCUT2D eigenvalue weighted by molar-refractivity contribution is 0.0976. The van der Waals surface area contributed by atoms with Crippen LogP contribution in [0.15, 0.2) is 54.6 Å². The lowest BCUT2D eigenvalue weighted by atomic mass is 10.0. The maximum atomic E-state index is 11.8. The minimum atomic E-state index is -0.150. The fourth-order valence-electron chi connectivity index (χ4n) is 2.36. The summed E-state index contributed by atoms with van der Waals surface area (Å²) in [6, 6.07) is 14.3. The van der Waals surface area contributed by atoms with Gasteiger partial charge in [0.15, 0.2) is 5.78 Å². The monoisotopic (exact) mass is 415 g/mol. The van der Waals surface area contributed by atoms with Gasteiger partial charge in [0.1, 0.15) is 11.5 Å². The van der Waals surface area contributed by atoms with Gasteiger partial charge in [-0.15, -0.1) is 0 Å². The van der Waals surface area contributed by atoms with E-state index in [-0.39, 0.29) is 22.8 Å². The Hall–Kier alpha value is -2.59. The van der Waals surface area contributed by atoms with Gasteiger partial charge in [-0.25, -0.2) is 0 Å². The second-order valence-corrected chi connectivity index (χ2v) is 6.30. The summed E-state index contributed by atoms with van der Waals surface area (Å²) in [5, 5.41) is 18.6. The molecule has 4 nitrogen and oxygen atoms in total. The van der Waals surface area contributed by atoms with Crippen molar-refractivity contribution in [3.05, 3.63) is 65.7 Å². The molecule has 0 spiro atoms. The predicted octanol–water partition coefficient (Wildman–Crippen LogP) is 6.78. The minimum Gasteiger partial charge on any atom is -0.508 e. The first-order valence-electron chi connectivity index (χ1n) is 10.8. The minimum absolute atomic E-state index is 0.0355. The van der Waals surface area contributed by atoms with E-state index in [1.807, 2.05) is 73.0 Å². The van der Waals surface area contributed by atoms with Crippen LogP contribution in [0.2, 0.25) is 0 Å². The number of benzene rings is 2. The molecule has 0 atom stereocenters. The number of hydrogen-bond donors (Lipinski definition) is 2. The molecule has 2 rings (SSSR count). The Balaban J connectivity index is 0. The average Bonchev–Trinajstić information content (AvgIpc) is 2.75. The number of unbranched alkanes of at least 4 members (excludes halogenated alkanes) is 1. The van der Waals surface area contributed by atoms with Crippen LogP contribution in [0.25, 0.3) is 6.08 Å². The lowest BCUT2D eigenvalue weighted by Crippen LogP contribution is -2.13. The van der Waals surface area contributed by atoms with Gasteiger partial charge < -0.3 is 15.1 Å². The highest BCUT2D eigenvalue weighted by atomic mass is 16.3. The van der Waals surface area contributed by atoms with Crippen molar-refractivity contribution >= 4 is 11.9 Å². The van der Waals surface area contributed by atoms with Crippen LogP contribution < -0.4 is 0 Å². The first-order valence-corrected chi connectivity index (χ1v) is 10.8. The molecule has 0 saturated carbocycles. The Morgan fingerprint density at radius 1 is 0.933 bits per heavy atom. The number of allylic oxidation sites excluding steroid dienone is 1. The number of Topliss-reactive ketones (excluding diaryl/α,β-unsaturated/α-hetero) is 1. The Labute approximate surface area is 183 Å². The summed E-state index contributed by atoms with van der Waals surface area (Å²) in [6.07, 6.45) is 6.30. The van der Waals surface area contributed by atoms with Crippen molar-refractivity contribution < 1.29 is 15.0 Å². The van der Waals surface area contributed by atoms with Gasteiger partial charge in [-0.3, -0.25) is 4.79 Å². The summed E-state index contributed by atoms with van der Waals surface area (Å²) in [7, 11) is 3.99. The maximum absolute atomic E-state index is 11.8. The van der Waals surface area contributed by atoms with E-state index in [1.165, 1.54) is 23.8 Å². The number of hydrogen-bond acceptors (Lipinski definition) is 4. The molecule has 0 saturated heterocycles. The summed E-state index contributed by atoms with van der Waals surface area (Å²) in [4.78, 5) is 13.8. The zero-order valence-corrected chi connectivity index (χ0v) is 19.9. The Morgan fingerprint density at radius 2 is 1.53 bits per heavy atom. The summed E-state index contributed by atoms with van der Waals surface area (Å²) < 4.78 is 0. The SMILES string of the molecule is C/C=C/c1ccccc1.CC.CC.CN(C)CCCCC(=O)c1ccc(O)cc1O. The van der Waals surface area contributed by atoms with E-state index in [0.717, 1.165) is 19.4 Å².